The summed E-state index contributed by atoms with van der Waals surface area (Å²) in [6.07, 6.45) is 6.82. The molecule has 2 aromatic carbocycles. The van der Waals surface area contributed by atoms with Crippen LogP contribution in [0.25, 0.3) is 32.9 Å². The van der Waals surface area contributed by atoms with E-state index in [-0.39, 0.29) is 48.8 Å². The predicted molar refractivity (Wildman–Crippen MR) is 187 cm³/mol. The van der Waals surface area contributed by atoms with Crippen molar-refractivity contribution in [2.45, 2.75) is 83.9 Å². The molecule has 4 heterocycles. The van der Waals surface area contributed by atoms with E-state index in [1.54, 1.807) is 19.4 Å². The van der Waals surface area contributed by atoms with Gasteiger partial charge in [0.05, 0.1) is 16.8 Å². The Labute approximate surface area is 291 Å². The number of anilines is 1. The fourth-order valence-corrected chi connectivity index (χ4v) is 7.23. The highest BCUT2D eigenvalue weighted by atomic mass is 19.1. The van der Waals surface area contributed by atoms with Crippen molar-refractivity contribution in [3.05, 3.63) is 47.9 Å². The Morgan fingerprint density at radius 3 is 2.62 bits per heavy atom. The molecular weight excluding hydrogens is 641 g/mol. The molecule has 50 heavy (non-hydrogen) atoms. The Kier molecular flexibility index (Phi) is 9.00. The number of fused-ring (bicyclic) bond motifs is 4. The molecule has 3 fully saturated rings. The molecule has 1 saturated carbocycles. The van der Waals surface area contributed by atoms with Gasteiger partial charge in [-0.3, -0.25) is 4.98 Å². The maximum absolute atomic E-state index is 17.1. The SMILES string of the molecule is CCc1cccc2cc(OCOC)cc(-c3ncc4c(N5CCC6CCC(C5)N6C(=O)OC(C)(C)C)nc(OCC5(C=O)CC5)nc4c3F)c12. The van der Waals surface area contributed by atoms with Crippen molar-refractivity contribution < 1.29 is 32.9 Å². The zero-order valence-corrected chi connectivity index (χ0v) is 29.3. The number of ether oxygens (including phenoxy) is 4. The Morgan fingerprint density at radius 1 is 1.10 bits per heavy atom. The fourth-order valence-electron chi connectivity index (χ4n) is 7.23. The molecule has 2 atom stereocenters. The molecule has 11 nitrogen and oxygen atoms in total. The number of benzene rings is 2. The predicted octanol–water partition coefficient (Wildman–Crippen LogP) is 6.87. The zero-order chi connectivity index (χ0) is 35.2. The van der Waals surface area contributed by atoms with Gasteiger partial charge in [-0.05, 0) is 87.8 Å². The van der Waals surface area contributed by atoms with Gasteiger partial charge >= 0.3 is 12.1 Å². The number of aryl methyl sites for hydroxylation is 1. The highest BCUT2D eigenvalue weighted by molar-refractivity contribution is 6.01. The molecule has 0 radical (unpaired) electrons. The molecule has 0 N–H and O–H groups in total. The molecule has 2 aliphatic heterocycles. The molecule has 264 valence electrons. The van der Waals surface area contributed by atoms with Crippen LogP contribution in [-0.2, 0) is 20.7 Å². The number of nitrogens with zero attached hydrogens (tertiary/aromatic N) is 5. The molecule has 0 spiro atoms. The van der Waals surface area contributed by atoms with Crippen molar-refractivity contribution >= 4 is 39.9 Å². The van der Waals surface area contributed by atoms with Gasteiger partial charge in [-0.1, -0.05) is 25.1 Å². The van der Waals surface area contributed by atoms with Crippen LogP contribution in [0.1, 0.15) is 65.4 Å². The Hall–Kier alpha value is -4.58. The maximum Gasteiger partial charge on any atom is 0.410 e. The van der Waals surface area contributed by atoms with E-state index in [1.807, 2.05) is 49.9 Å². The van der Waals surface area contributed by atoms with E-state index in [1.165, 1.54) is 0 Å². The molecule has 7 rings (SSSR count). The number of hydrogen-bond donors (Lipinski definition) is 0. The van der Waals surface area contributed by atoms with Crippen LogP contribution in [0.4, 0.5) is 15.0 Å². The number of pyridine rings is 1. The van der Waals surface area contributed by atoms with E-state index in [2.05, 4.69) is 16.8 Å². The highest BCUT2D eigenvalue weighted by Gasteiger charge is 2.45. The average molecular weight is 686 g/mol. The van der Waals surface area contributed by atoms with Gasteiger partial charge < -0.3 is 33.5 Å². The molecule has 3 aliphatic rings. The Morgan fingerprint density at radius 2 is 1.90 bits per heavy atom. The minimum Gasteiger partial charge on any atom is -0.468 e. The number of aldehydes is 1. The second-order valence-corrected chi connectivity index (χ2v) is 14.7. The van der Waals surface area contributed by atoms with Crippen LogP contribution >= 0.6 is 0 Å². The van der Waals surface area contributed by atoms with Crippen molar-refractivity contribution in [2.24, 2.45) is 5.41 Å². The van der Waals surface area contributed by atoms with Crippen LogP contribution in [0.2, 0.25) is 0 Å². The van der Waals surface area contributed by atoms with Gasteiger partial charge in [0.2, 0.25) is 0 Å². The van der Waals surface area contributed by atoms with Crippen LogP contribution in [0.15, 0.2) is 36.5 Å². The van der Waals surface area contributed by atoms with Crippen LogP contribution in [0.5, 0.6) is 11.8 Å². The summed E-state index contributed by atoms with van der Waals surface area (Å²) in [4.78, 5) is 43.2. The lowest BCUT2D eigenvalue weighted by Gasteiger charge is -2.31. The summed E-state index contributed by atoms with van der Waals surface area (Å²) < 4.78 is 39.9. The third kappa shape index (κ3) is 6.53. The first kappa shape index (κ1) is 33.9. The number of methoxy groups -OCH3 is 1. The van der Waals surface area contributed by atoms with E-state index in [0.29, 0.717) is 42.0 Å². The van der Waals surface area contributed by atoms with Crippen molar-refractivity contribution in [2.75, 3.05) is 38.5 Å². The topological polar surface area (TPSA) is 116 Å². The summed E-state index contributed by atoms with van der Waals surface area (Å²) in [5.74, 6) is 0.385. The van der Waals surface area contributed by atoms with Gasteiger partial charge in [0.1, 0.15) is 41.3 Å². The van der Waals surface area contributed by atoms with Gasteiger partial charge in [0, 0.05) is 38.0 Å². The summed E-state index contributed by atoms with van der Waals surface area (Å²) >= 11 is 0. The van der Waals surface area contributed by atoms with E-state index >= 15 is 4.39 Å². The average Bonchev–Trinajstić information content (AvgIpc) is 3.80. The largest absolute Gasteiger partial charge is 0.468 e. The number of aromatic nitrogens is 3. The molecule has 2 aromatic heterocycles. The molecule has 2 unspecified atom stereocenters. The lowest BCUT2D eigenvalue weighted by molar-refractivity contribution is -0.113. The summed E-state index contributed by atoms with van der Waals surface area (Å²) in [6.45, 7) is 8.87. The van der Waals surface area contributed by atoms with Crippen LogP contribution in [-0.4, -0.2) is 83.5 Å². The monoisotopic (exact) mass is 685 g/mol. The standard InChI is InChI=1S/C38H44FN5O6/c1-6-23-8-7-9-24-16-27(49-22-47-5)17-28(30(23)24)32-31(39)33-29(18-40-32)34(42-35(41-33)48-21-38(20-45)13-14-38)43-15-12-25-10-11-26(19-43)44(25)36(46)50-37(2,3)4/h7-9,16-18,20,25-26H,6,10-15,19,21-22H2,1-5H3. The lowest BCUT2D eigenvalue weighted by atomic mass is 9.95. The normalized spacial score (nSPS) is 19.8. The second-order valence-electron chi connectivity index (χ2n) is 14.7. The Bertz CT molecular complexity index is 1940. The van der Waals surface area contributed by atoms with Crippen molar-refractivity contribution in [3.8, 4) is 23.0 Å². The third-order valence-electron chi connectivity index (χ3n) is 9.98. The van der Waals surface area contributed by atoms with Gasteiger partial charge in [-0.15, -0.1) is 0 Å². The first-order valence-corrected chi connectivity index (χ1v) is 17.4. The number of hydrogen-bond acceptors (Lipinski definition) is 10. The number of amides is 1. The van der Waals surface area contributed by atoms with E-state index in [0.717, 1.165) is 54.7 Å². The minimum atomic E-state index is -0.615. The van der Waals surface area contributed by atoms with Crippen molar-refractivity contribution in [3.63, 3.8) is 0 Å². The molecule has 2 saturated heterocycles. The highest BCUT2D eigenvalue weighted by Crippen LogP contribution is 2.44. The van der Waals surface area contributed by atoms with Gasteiger partial charge in [-0.25, -0.2) is 9.18 Å². The molecule has 12 heteroatoms. The quantitative estimate of drug-likeness (QED) is 0.129. The van der Waals surface area contributed by atoms with Crippen molar-refractivity contribution in [1.82, 2.24) is 19.9 Å². The van der Waals surface area contributed by atoms with Crippen LogP contribution in [0, 0.1) is 11.2 Å². The zero-order valence-electron chi connectivity index (χ0n) is 29.3. The summed E-state index contributed by atoms with van der Waals surface area (Å²) in [5.41, 5.74) is 0.633. The first-order chi connectivity index (χ1) is 24.0. The number of carbonyl (C=O) groups is 2. The van der Waals surface area contributed by atoms with E-state index in [4.69, 9.17) is 28.9 Å². The van der Waals surface area contributed by atoms with E-state index in [9.17, 15) is 9.59 Å². The number of carbonyl (C=O) groups excluding carboxylic acids is 2. The molecule has 1 amide bonds. The van der Waals surface area contributed by atoms with Gasteiger partial charge in [-0.2, -0.15) is 9.97 Å². The van der Waals surface area contributed by atoms with E-state index < -0.39 is 16.8 Å². The summed E-state index contributed by atoms with van der Waals surface area (Å²) in [6, 6.07) is 9.58. The number of rotatable bonds is 10. The van der Waals surface area contributed by atoms with Crippen LogP contribution in [0.3, 0.4) is 0 Å². The molecular formula is C38H44FN5O6. The molecule has 1 aliphatic carbocycles. The first-order valence-electron chi connectivity index (χ1n) is 17.4. The maximum atomic E-state index is 17.1. The Balaban J connectivity index is 1.34. The van der Waals surface area contributed by atoms with Gasteiger partial charge in [0.15, 0.2) is 12.6 Å². The third-order valence-corrected chi connectivity index (χ3v) is 9.98. The second kappa shape index (κ2) is 13.3. The summed E-state index contributed by atoms with van der Waals surface area (Å²) in [7, 11) is 1.54. The van der Waals surface area contributed by atoms with Crippen LogP contribution < -0.4 is 14.4 Å². The lowest BCUT2D eigenvalue weighted by Crippen LogP contribution is -2.45. The smallest absolute Gasteiger partial charge is 0.410 e. The summed E-state index contributed by atoms with van der Waals surface area (Å²) in [5, 5.41) is 2.20. The minimum absolute atomic E-state index is 0.00800. The fraction of sp³-hybridized carbons (Fsp3) is 0.500. The van der Waals surface area contributed by atoms with Gasteiger partial charge in [0.25, 0.3) is 0 Å². The van der Waals surface area contributed by atoms with Crippen molar-refractivity contribution in [1.29, 1.82) is 0 Å². The number of halogens is 1. The molecule has 4 aromatic rings. The molecule has 2 bridgehead atoms.